The van der Waals surface area contributed by atoms with E-state index < -0.39 is 11.6 Å². The number of hydrogen-bond donors (Lipinski definition) is 0. The summed E-state index contributed by atoms with van der Waals surface area (Å²) >= 11 is 6.22. The van der Waals surface area contributed by atoms with Gasteiger partial charge in [-0.05, 0) is 41.5 Å². The van der Waals surface area contributed by atoms with E-state index in [4.69, 9.17) is 11.6 Å². The number of halogens is 3. The molecule has 0 fully saturated rings. The van der Waals surface area contributed by atoms with Gasteiger partial charge < -0.3 is 4.57 Å². The summed E-state index contributed by atoms with van der Waals surface area (Å²) in [7, 11) is 1.66. The van der Waals surface area contributed by atoms with E-state index in [1.54, 1.807) is 19.3 Å². The van der Waals surface area contributed by atoms with E-state index in [0.717, 1.165) is 16.7 Å². The number of hydrogen-bond acceptors (Lipinski definition) is 2. The monoisotopic (exact) mass is 370 g/mol. The molecule has 2 heterocycles. The minimum Gasteiger partial charge on any atom is -0.318 e. The first kappa shape index (κ1) is 16.7. The van der Waals surface area contributed by atoms with Crippen LogP contribution in [0.15, 0.2) is 58.4 Å². The number of rotatable bonds is 1. The zero-order chi connectivity index (χ0) is 18.4. The van der Waals surface area contributed by atoms with Crippen molar-refractivity contribution in [3.63, 3.8) is 0 Å². The second-order valence-electron chi connectivity index (χ2n) is 6.14. The van der Waals surface area contributed by atoms with Crippen LogP contribution in [0.2, 0.25) is 5.02 Å². The molecule has 130 valence electrons. The van der Waals surface area contributed by atoms with E-state index in [9.17, 15) is 13.6 Å². The number of aryl methyl sites for hydroxylation is 1. The molecule has 1 aliphatic rings. The lowest BCUT2D eigenvalue weighted by molar-refractivity contribution is 0.627. The standard InChI is InChI=1S/C20H13ClF2N2O/c1-25-10-17-11(6-19(25)26)9-24-20(15-5-3-13(23)8-18(15)21)16-7-12(22)2-4-14(16)17/h2-8,10H,9H2,1H3. The van der Waals surface area contributed by atoms with Crippen molar-refractivity contribution in [2.24, 2.45) is 12.0 Å². The molecule has 26 heavy (non-hydrogen) atoms. The highest BCUT2D eigenvalue weighted by molar-refractivity contribution is 6.36. The molecular formula is C20H13ClF2N2O. The van der Waals surface area contributed by atoms with Crippen LogP contribution in [0.4, 0.5) is 8.78 Å². The van der Waals surface area contributed by atoms with Crippen molar-refractivity contribution in [3.05, 3.63) is 92.4 Å². The summed E-state index contributed by atoms with van der Waals surface area (Å²) in [6.07, 6.45) is 1.72. The zero-order valence-corrected chi connectivity index (χ0v) is 14.5. The van der Waals surface area contributed by atoms with Gasteiger partial charge in [-0.2, -0.15) is 0 Å². The molecule has 0 aliphatic carbocycles. The smallest absolute Gasteiger partial charge is 0.250 e. The van der Waals surface area contributed by atoms with Crippen molar-refractivity contribution in [2.75, 3.05) is 0 Å². The van der Waals surface area contributed by atoms with Crippen LogP contribution in [0.25, 0.3) is 11.1 Å². The van der Waals surface area contributed by atoms with E-state index in [1.165, 1.54) is 41.0 Å². The van der Waals surface area contributed by atoms with Crippen LogP contribution in [0.1, 0.15) is 16.7 Å². The third kappa shape index (κ3) is 2.74. The van der Waals surface area contributed by atoms with Crippen molar-refractivity contribution in [1.29, 1.82) is 0 Å². The second kappa shape index (κ2) is 6.18. The van der Waals surface area contributed by atoms with Crippen LogP contribution in [-0.4, -0.2) is 10.3 Å². The Morgan fingerprint density at radius 1 is 0.962 bits per heavy atom. The molecule has 2 aromatic carbocycles. The highest BCUT2D eigenvalue weighted by Gasteiger charge is 2.22. The molecule has 4 rings (SSSR count). The lowest BCUT2D eigenvalue weighted by atomic mass is 9.93. The number of nitrogens with zero attached hydrogens (tertiary/aromatic N) is 2. The Bertz CT molecular complexity index is 1140. The Balaban J connectivity index is 2.03. The summed E-state index contributed by atoms with van der Waals surface area (Å²) < 4.78 is 28.9. The van der Waals surface area contributed by atoms with Gasteiger partial charge in [-0.25, -0.2) is 8.78 Å². The summed E-state index contributed by atoms with van der Waals surface area (Å²) in [6, 6.07) is 9.95. The highest BCUT2D eigenvalue weighted by Crippen LogP contribution is 2.34. The van der Waals surface area contributed by atoms with Crippen molar-refractivity contribution in [1.82, 2.24) is 4.57 Å². The summed E-state index contributed by atoms with van der Waals surface area (Å²) in [5.74, 6) is -0.873. The predicted molar refractivity (Wildman–Crippen MR) is 97.8 cm³/mol. The van der Waals surface area contributed by atoms with Gasteiger partial charge in [-0.3, -0.25) is 9.79 Å². The third-order valence-corrected chi connectivity index (χ3v) is 4.75. The van der Waals surface area contributed by atoms with Crippen LogP contribution < -0.4 is 5.56 Å². The van der Waals surface area contributed by atoms with Crippen molar-refractivity contribution < 1.29 is 8.78 Å². The summed E-state index contributed by atoms with van der Waals surface area (Å²) in [5, 5.41) is 0.194. The Labute approximate surface area is 153 Å². The van der Waals surface area contributed by atoms with E-state index in [1.807, 2.05) is 0 Å². The van der Waals surface area contributed by atoms with Gasteiger partial charge in [0.2, 0.25) is 0 Å². The maximum absolute atomic E-state index is 14.0. The molecule has 0 spiro atoms. The van der Waals surface area contributed by atoms with Gasteiger partial charge in [0.15, 0.2) is 0 Å². The first-order chi connectivity index (χ1) is 12.4. The molecule has 0 saturated heterocycles. The highest BCUT2D eigenvalue weighted by atomic mass is 35.5. The van der Waals surface area contributed by atoms with Gasteiger partial charge in [0.25, 0.3) is 5.56 Å². The Kier molecular flexibility index (Phi) is 3.96. The fourth-order valence-corrected chi connectivity index (χ4v) is 3.41. The van der Waals surface area contributed by atoms with Crippen LogP contribution in [0.5, 0.6) is 0 Å². The van der Waals surface area contributed by atoms with Crippen LogP contribution in [0, 0.1) is 11.6 Å². The molecule has 0 radical (unpaired) electrons. The van der Waals surface area contributed by atoms with Gasteiger partial charge in [0.1, 0.15) is 11.6 Å². The SMILES string of the molecule is Cn1cc2c(cc1=O)CN=C(c1ccc(F)cc1Cl)c1cc(F)ccc1-2. The average molecular weight is 371 g/mol. The molecule has 6 heteroatoms. The van der Waals surface area contributed by atoms with E-state index in [0.29, 0.717) is 16.8 Å². The lowest BCUT2D eigenvalue weighted by Gasteiger charge is -2.13. The van der Waals surface area contributed by atoms with Crippen molar-refractivity contribution in [3.8, 4) is 11.1 Å². The minimum absolute atomic E-state index is 0.147. The number of benzene rings is 2. The molecule has 0 saturated carbocycles. The van der Waals surface area contributed by atoms with E-state index in [2.05, 4.69) is 4.99 Å². The maximum Gasteiger partial charge on any atom is 0.250 e. The summed E-state index contributed by atoms with van der Waals surface area (Å²) in [4.78, 5) is 16.6. The molecule has 0 bridgehead atoms. The number of aromatic nitrogens is 1. The normalized spacial score (nSPS) is 12.8. The number of fused-ring (bicyclic) bond motifs is 3. The molecule has 3 nitrogen and oxygen atoms in total. The zero-order valence-electron chi connectivity index (χ0n) is 13.8. The van der Waals surface area contributed by atoms with E-state index >= 15 is 0 Å². The van der Waals surface area contributed by atoms with E-state index in [-0.39, 0.29) is 17.1 Å². The Morgan fingerprint density at radius 2 is 1.65 bits per heavy atom. The molecule has 1 aliphatic heterocycles. The topological polar surface area (TPSA) is 34.4 Å². The fourth-order valence-electron chi connectivity index (χ4n) is 3.15. The lowest BCUT2D eigenvalue weighted by Crippen LogP contribution is -2.16. The summed E-state index contributed by atoms with van der Waals surface area (Å²) in [6.45, 7) is 0.241. The predicted octanol–water partition coefficient (Wildman–Crippen LogP) is 4.33. The first-order valence-corrected chi connectivity index (χ1v) is 8.31. The molecule has 0 amide bonds. The Hall–Kier alpha value is -2.79. The molecule has 0 N–H and O–H groups in total. The van der Waals surface area contributed by atoms with Crippen molar-refractivity contribution in [2.45, 2.75) is 6.54 Å². The first-order valence-electron chi connectivity index (χ1n) is 7.94. The molecular weight excluding hydrogens is 358 g/mol. The van der Waals surface area contributed by atoms with Crippen molar-refractivity contribution >= 4 is 17.3 Å². The second-order valence-corrected chi connectivity index (χ2v) is 6.55. The van der Waals surface area contributed by atoms with Crippen LogP contribution >= 0.6 is 11.6 Å². The fraction of sp³-hybridized carbons (Fsp3) is 0.100. The molecule has 0 unspecified atom stereocenters. The largest absolute Gasteiger partial charge is 0.318 e. The maximum atomic E-state index is 14.0. The molecule has 1 aromatic heterocycles. The average Bonchev–Trinajstić information content (AvgIpc) is 2.73. The number of pyridine rings is 1. The van der Waals surface area contributed by atoms with Gasteiger partial charge >= 0.3 is 0 Å². The van der Waals surface area contributed by atoms with Gasteiger partial charge in [-0.15, -0.1) is 0 Å². The van der Waals surface area contributed by atoms with Crippen LogP contribution in [0.3, 0.4) is 0 Å². The van der Waals surface area contributed by atoms with Gasteiger partial charge in [-0.1, -0.05) is 17.7 Å². The molecule has 3 aromatic rings. The minimum atomic E-state index is -0.459. The third-order valence-electron chi connectivity index (χ3n) is 4.43. The summed E-state index contributed by atoms with van der Waals surface area (Å²) in [5.41, 5.74) is 3.68. The molecule has 0 atom stereocenters. The van der Waals surface area contributed by atoms with Crippen LogP contribution in [-0.2, 0) is 13.6 Å². The number of aliphatic imine (C=N–C) groups is 1. The van der Waals surface area contributed by atoms with Gasteiger partial charge in [0.05, 0.1) is 17.3 Å². The quantitative estimate of drug-likeness (QED) is 0.627. The van der Waals surface area contributed by atoms with Gasteiger partial charge in [0, 0.05) is 36.0 Å². The Morgan fingerprint density at radius 3 is 2.38 bits per heavy atom.